The number of benzene rings is 1. The van der Waals surface area contributed by atoms with E-state index in [1.54, 1.807) is 4.68 Å². The van der Waals surface area contributed by atoms with Crippen molar-refractivity contribution in [1.29, 1.82) is 0 Å². The third-order valence-corrected chi connectivity index (χ3v) is 4.12. The fourth-order valence-corrected chi connectivity index (χ4v) is 3.01. The molecule has 0 fully saturated rings. The number of fused-ring (bicyclic) bond motifs is 1. The van der Waals surface area contributed by atoms with Crippen LogP contribution in [0.25, 0.3) is 0 Å². The van der Waals surface area contributed by atoms with Crippen molar-refractivity contribution in [3.8, 4) is 0 Å². The van der Waals surface area contributed by atoms with Crippen LogP contribution in [0.2, 0.25) is 0 Å². The summed E-state index contributed by atoms with van der Waals surface area (Å²) in [6.45, 7) is 3.25. The van der Waals surface area contributed by atoms with E-state index in [1.807, 2.05) is 43.3 Å². The summed E-state index contributed by atoms with van der Waals surface area (Å²) in [6.07, 6.45) is 2.53. The second-order valence-electron chi connectivity index (χ2n) is 5.65. The highest BCUT2D eigenvalue weighted by Crippen LogP contribution is 2.25. The smallest absolute Gasteiger partial charge is 0.321 e. The average Bonchev–Trinajstić information content (AvgIpc) is 2.76. The number of carboxylic acid groups (broad SMARTS) is 1. The number of aryl methyl sites for hydroxylation is 2. The van der Waals surface area contributed by atoms with Gasteiger partial charge in [-0.05, 0) is 24.5 Å². The summed E-state index contributed by atoms with van der Waals surface area (Å²) in [4.78, 5) is 13.6. The molecule has 0 saturated carbocycles. The van der Waals surface area contributed by atoms with Crippen LogP contribution < -0.4 is 0 Å². The van der Waals surface area contributed by atoms with Gasteiger partial charge in [-0.3, -0.25) is 14.4 Å². The number of carboxylic acids is 1. The van der Waals surface area contributed by atoms with Gasteiger partial charge in [-0.25, -0.2) is 0 Å². The van der Waals surface area contributed by atoms with Gasteiger partial charge in [0.15, 0.2) is 0 Å². The van der Waals surface area contributed by atoms with Crippen LogP contribution in [0.3, 0.4) is 0 Å². The van der Waals surface area contributed by atoms with Crippen LogP contribution in [0.15, 0.2) is 30.5 Å². The molecule has 1 aliphatic heterocycles. The van der Waals surface area contributed by atoms with Gasteiger partial charge >= 0.3 is 5.97 Å². The molecular formula is C16H19N3O2. The summed E-state index contributed by atoms with van der Waals surface area (Å²) in [5.74, 6) is -0.758. The van der Waals surface area contributed by atoms with Crippen LogP contribution in [0, 0.1) is 6.92 Å². The molecule has 0 spiro atoms. The van der Waals surface area contributed by atoms with Gasteiger partial charge in [-0.1, -0.05) is 24.3 Å². The van der Waals surface area contributed by atoms with Gasteiger partial charge in [0.2, 0.25) is 0 Å². The zero-order chi connectivity index (χ0) is 15.0. The van der Waals surface area contributed by atoms with E-state index in [0.29, 0.717) is 19.5 Å². The van der Waals surface area contributed by atoms with Crippen molar-refractivity contribution in [3.05, 3.63) is 52.8 Å². The van der Waals surface area contributed by atoms with E-state index in [0.717, 1.165) is 16.8 Å². The van der Waals surface area contributed by atoms with Gasteiger partial charge in [0.05, 0.1) is 5.69 Å². The molecule has 2 aromatic rings. The second-order valence-corrected chi connectivity index (χ2v) is 5.65. The van der Waals surface area contributed by atoms with Crippen LogP contribution in [0.4, 0.5) is 0 Å². The molecule has 5 heteroatoms. The number of hydrogen-bond donors (Lipinski definition) is 1. The number of rotatable bonds is 3. The Morgan fingerprint density at radius 3 is 2.71 bits per heavy atom. The molecule has 5 nitrogen and oxygen atoms in total. The van der Waals surface area contributed by atoms with E-state index >= 15 is 0 Å². The lowest BCUT2D eigenvalue weighted by Gasteiger charge is -2.34. The first-order chi connectivity index (χ1) is 10.0. The Kier molecular flexibility index (Phi) is 3.51. The summed E-state index contributed by atoms with van der Waals surface area (Å²) in [5, 5.41) is 13.9. The fourth-order valence-electron chi connectivity index (χ4n) is 3.01. The quantitative estimate of drug-likeness (QED) is 0.933. The maximum absolute atomic E-state index is 11.6. The number of aromatic nitrogens is 2. The SMILES string of the molecule is Cc1nn(C)cc1CN1Cc2ccccc2CC1C(=O)O. The highest BCUT2D eigenvalue weighted by molar-refractivity contribution is 5.74. The minimum atomic E-state index is -0.758. The van der Waals surface area contributed by atoms with Crippen LogP contribution in [-0.4, -0.2) is 31.8 Å². The minimum absolute atomic E-state index is 0.473. The topological polar surface area (TPSA) is 58.4 Å². The molecule has 1 aromatic heterocycles. The molecule has 0 amide bonds. The molecule has 1 unspecified atom stereocenters. The van der Waals surface area contributed by atoms with Crippen LogP contribution >= 0.6 is 0 Å². The predicted octanol–water partition coefficient (Wildman–Crippen LogP) is 1.74. The minimum Gasteiger partial charge on any atom is -0.480 e. The molecule has 2 heterocycles. The zero-order valence-corrected chi connectivity index (χ0v) is 12.3. The molecule has 1 aromatic carbocycles. The first kappa shape index (κ1) is 13.8. The molecule has 1 aliphatic rings. The van der Waals surface area contributed by atoms with E-state index < -0.39 is 12.0 Å². The maximum atomic E-state index is 11.6. The van der Waals surface area contributed by atoms with Crippen molar-refractivity contribution >= 4 is 5.97 Å². The van der Waals surface area contributed by atoms with E-state index in [4.69, 9.17) is 0 Å². The Labute approximate surface area is 123 Å². The van der Waals surface area contributed by atoms with Gasteiger partial charge in [0.1, 0.15) is 6.04 Å². The summed E-state index contributed by atoms with van der Waals surface area (Å²) in [7, 11) is 1.89. The largest absolute Gasteiger partial charge is 0.480 e. The first-order valence-corrected chi connectivity index (χ1v) is 7.07. The molecule has 0 saturated heterocycles. The monoisotopic (exact) mass is 285 g/mol. The Hall–Kier alpha value is -2.14. The molecule has 0 radical (unpaired) electrons. The van der Waals surface area contributed by atoms with Gasteiger partial charge < -0.3 is 5.11 Å². The molecule has 0 aliphatic carbocycles. The zero-order valence-electron chi connectivity index (χ0n) is 12.3. The van der Waals surface area contributed by atoms with E-state index in [1.165, 1.54) is 5.56 Å². The number of nitrogens with zero attached hydrogens (tertiary/aromatic N) is 3. The Bertz CT molecular complexity index is 678. The van der Waals surface area contributed by atoms with Crippen molar-refractivity contribution in [3.63, 3.8) is 0 Å². The van der Waals surface area contributed by atoms with Crippen molar-refractivity contribution in [2.45, 2.75) is 32.5 Å². The van der Waals surface area contributed by atoms with Crippen LogP contribution in [0.1, 0.15) is 22.4 Å². The van der Waals surface area contributed by atoms with Crippen molar-refractivity contribution in [1.82, 2.24) is 14.7 Å². The lowest BCUT2D eigenvalue weighted by molar-refractivity contribution is -0.144. The fraction of sp³-hybridized carbons (Fsp3) is 0.375. The standard InChI is InChI=1S/C16H19N3O2/c1-11-14(8-18(2)17-11)10-19-9-13-6-4-3-5-12(13)7-15(19)16(20)21/h3-6,8,15H,7,9-10H2,1-2H3,(H,20,21). The Morgan fingerprint density at radius 1 is 1.38 bits per heavy atom. The Balaban J connectivity index is 1.89. The molecular weight excluding hydrogens is 266 g/mol. The number of carbonyl (C=O) groups is 1. The molecule has 0 bridgehead atoms. The third kappa shape index (κ3) is 2.69. The first-order valence-electron chi connectivity index (χ1n) is 7.07. The summed E-state index contributed by atoms with van der Waals surface area (Å²) in [6, 6.07) is 7.61. The highest BCUT2D eigenvalue weighted by Gasteiger charge is 2.31. The maximum Gasteiger partial charge on any atom is 0.321 e. The van der Waals surface area contributed by atoms with Crippen molar-refractivity contribution < 1.29 is 9.90 Å². The molecule has 21 heavy (non-hydrogen) atoms. The summed E-state index contributed by atoms with van der Waals surface area (Å²) in [5.41, 5.74) is 4.41. The predicted molar refractivity (Wildman–Crippen MR) is 78.8 cm³/mol. The van der Waals surface area contributed by atoms with Gasteiger partial charge in [-0.2, -0.15) is 5.10 Å². The summed E-state index contributed by atoms with van der Waals surface area (Å²) < 4.78 is 1.78. The highest BCUT2D eigenvalue weighted by atomic mass is 16.4. The summed E-state index contributed by atoms with van der Waals surface area (Å²) >= 11 is 0. The molecule has 1 atom stereocenters. The van der Waals surface area contributed by atoms with Crippen LogP contribution in [0.5, 0.6) is 0 Å². The van der Waals surface area contributed by atoms with E-state index in [2.05, 4.69) is 11.2 Å². The van der Waals surface area contributed by atoms with Gasteiger partial charge in [0.25, 0.3) is 0 Å². The normalized spacial score (nSPS) is 18.5. The number of hydrogen-bond acceptors (Lipinski definition) is 3. The second kappa shape index (κ2) is 5.33. The third-order valence-electron chi connectivity index (χ3n) is 4.12. The van der Waals surface area contributed by atoms with Crippen molar-refractivity contribution in [2.75, 3.05) is 0 Å². The van der Waals surface area contributed by atoms with E-state index in [-0.39, 0.29) is 0 Å². The van der Waals surface area contributed by atoms with Crippen molar-refractivity contribution in [2.24, 2.45) is 7.05 Å². The van der Waals surface area contributed by atoms with E-state index in [9.17, 15) is 9.90 Å². The molecule has 3 rings (SSSR count). The average molecular weight is 285 g/mol. The van der Waals surface area contributed by atoms with Gasteiger partial charge in [-0.15, -0.1) is 0 Å². The lowest BCUT2D eigenvalue weighted by atomic mass is 9.93. The molecule has 110 valence electrons. The molecule has 1 N–H and O–H groups in total. The lowest BCUT2D eigenvalue weighted by Crippen LogP contribution is -2.45. The Morgan fingerprint density at radius 2 is 2.10 bits per heavy atom. The van der Waals surface area contributed by atoms with Crippen LogP contribution in [-0.2, 0) is 31.4 Å². The number of aliphatic carboxylic acids is 1. The van der Waals surface area contributed by atoms with Gasteiger partial charge in [0, 0.05) is 31.9 Å².